The van der Waals surface area contributed by atoms with Crippen LogP contribution in [0, 0.1) is 0 Å². The largest absolute Gasteiger partial charge is 0.427 e. The molecule has 0 aromatic carbocycles. The smallest absolute Gasteiger partial charge is 0.420 e. The zero-order valence-electron chi connectivity index (χ0n) is 13.4. The summed E-state index contributed by atoms with van der Waals surface area (Å²) < 4.78 is 19.9. The average molecular weight is 307 g/mol. The minimum absolute atomic E-state index is 0.997. The maximum atomic E-state index is 5.89. The second-order valence-electron chi connectivity index (χ2n) is 5.88. The number of rotatable bonds is 7. The molecule has 0 aromatic rings. The van der Waals surface area contributed by atoms with E-state index >= 15 is 0 Å². The summed E-state index contributed by atoms with van der Waals surface area (Å²) in [5.74, 6) is 0. The van der Waals surface area contributed by atoms with Crippen LogP contribution in [0.15, 0.2) is 0 Å². The quantitative estimate of drug-likeness (QED) is 0.663. The van der Waals surface area contributed by atoms with Crippen LogP contribution in [0.4, 0.5) is 0 Å². The highest BCUT2D eigenvalue weighted by Gasteiger charge is 2.45. The molecule has 0 saturated carbocycles. The number of nitrogens with zero attached hydrogens (tertiary/aromatic N) is 2. The van der Waals surface area contributed by atoms with E-state index in [1.165, 1.54) is 0 Å². The van der Waals surface area contributed by atoms with Crippen molar-refractivity contribution in [2.45, 2.75) is 25.2 Å². The monoisotopic (exact) mass is 306 g/mol. The molecule has 114 valence electrons. The summed E-state index contributed by atoms with van der Waals surface area (Å²) in [7, 11) is 3.80. The predicted molar refractivity (Wildman–Crippen MR) is 82.9 cm³/mol. The van der Waals surface area contributed by atoms with Crippen LogP contribution in [0.2, 0.25) is 25.2 Å². The molecule has 0 bridgehead atoms. The molecular weight excluding hydrogens is 276 g/mol. The molecule has 1 fully saturated rings. The summed E-state index contributed by atoms with van der Waals surface area (Å²) >= 11 is 0. The Bertz CT molecular complexity index is 268. The third-order valence-corrected chi connectivity index (χ3v) is 10.8. The molecule has 1 aliphatic rings. The van der Waals surface area contributed by atoms with Crippen molar-refractivity contribution < 1.29 is 13.3 Å². The van der Waals surface area contributed by atoms with Crippen molar-refractivity contribution in [3.05, 3.63) is 0 Å². The molecule has 19 heavy (non-hydrogen) atoms. The van der Waals surface area contributed by atoms with Gasteiger partial charge in [0.15, 0.2) is 8.32 Å². The van der Waals surface area contributed by atoms with Gasteiger partial charge in [0.1, 0.15) is 0 Å². The van der Waals surface area contributed by atoms with Gasteiger partial charge in [0, 0.05) is 53.6 Å². The van der Waals surface area contributed by atoms with E-state index in [4.69, 9.17) is 13.3 Å². The highest BCUT2D eigenvalue weighted by molar-refractivity contribution is 6.74. The molecule has 0 aromatic heterocycles. The van der Waals surface area contributed by atoms with Crippen LogP contribution < -0.4 is 0 Å². The van der Waals surface area contributed by atoms with E-state index in [0.29, 0.717) is 0 Å². The van der Waals surface area contributed by atoms with Crippen molar-refractivity contribution in [1.82, 2.24) is 9.47 Å². The van der Waals surface area contributed by atoms with Gasteiger partial charge in [-0.2, -0.15) is 0 Å². The maximum absolute atomic E-state index is 5.89. The Labute approximate surface area is 120 Å². The third kappa shape index (κ3) is 4.62. The Morgan fingerprint density at radius 3 is 1.79 bits per heavy atom. The Hall–Kier alpha value is 0.234. The van der Waals surface area contributed by atoms with E-state index in [-0.39, 0.29) is 0 Å². The van der Waals surface area contributed by atoms with Gasteiger partial charge in [0.25, 0.3) is 0 Å². The summed E-state index contributed by atoms with van der Waals surface area (Å²) in [5, 5.41) is 0. The Morgan fingerprint density at radius 2 is 1.37 bits per heavy atom. The number of piperazine rings is 1. The van der Waals surface area contributed by atoms with Crippen LogP contribution in [0.1, 0.15) is 0 Å². The van der Waals surface area contributed by atoms with Crippen LogP contribution >= 0.6 is 0 Å². The zero-order chi connectivity index (χ0) is 14.5. The van der Waals surface area contributed by atoms with Crippen molar-refractivity contribution in [3.8, 4) is 0 Å². The van der Waals surface area contributed by atoms with Crippen LogP contribution in [-0.2, 0) is 13.3 Å². The molecule has 0 radical (unpaired) electrons. The van der Waals surface area contributed by atoms with Gasteiger partial charge in [-0.05, 0) is 26.2 Å². The zero-order valence-corrected chi connectivity index (χ0v) is 15.4. The first-order chi connectivity index (χ1) is 8.89. The number of likely N-dealkylation sites (N-methyl/N-ethyl adjacent to an activating group) is 1. The van der Waals surface area contributed by atoms with Crippen LogP contribution in [0.25, 0.3) is 0 Å². The molecule has 1 rings (SSSR count). The van der Waals surface area contributed by atoms with Gasteiger partial charge in [-0.1, -0.05) is 0 Å². The Morgan fingerprint density at radius 1 is 0.842 bits per heavy atom. The molecule has 7 heteroatoms. The van der Waals surface area contributed by atoms with Crippen molar-refractivity contribution >= 4 is 17.0 Å². The molecule has 0 atom stereocenters. The van der Waals surface area contributed by atoms with E-state index < -0.39 is 17.0 Å². The summed E-state index contributed by atoms with van der Waals surface area (Å²) in [6.07, 6.45) is 0. The third-order valence-electron chi connectivity index (χ3n) is 4.22. The molecule has 1 aliphatic heterocycles. The van der Waals surface area contributed by atoms with Crippen LogP contribution in [0.5, 0.6) is 0 Å². The molecule has 0 amide bonds. The van der Waals surface area contributed by atoms with Gasteiger partial charge >= 0.3 is 8.72 Å². The maximum Gasteiger partial charge on any atom is 0.427 e. The fraction of sp³-hybridized carbons (Fsp3) is 1.00. The SMILES string of the molecule is CO[Si](C)(C)CC[Si](OC)(OC)N1CCN(C)CC1. The first-order valence-electron chi connectivity index (χ1n) is 6.98. The summed E-state index contributed by atoms with van der Waals surface area (Å²) in [5.41, 5.74) is 0. The Balaban J connectivity index is 2.68. The molecule has 0 N–H and O–H groups in total. The van der Waals surface area contributed by atoms with Gasteiger partial charge in [0.2, 0.25) is 0 Å². The van der Waals surface area contributed by atoms with Crippen molar-refractivity contribution in [3.63, 3.8) is 0 Å². The standard InChI is InChI=1S/C12H30N2O3Si2/c1-13-7-9-14(10-8-13)19(16-3,17-4)12-11-18(5,6)15-2/h7-12H2,1-6H3. The van der Waals surface area contributed by atoms with Gasteiger partial charge in [-0.15, -0.1) is 0 Å². The summed E-state index contributed by atoms with van der Waals surface area (Å²) in [6.45, 7) is 8.76. The van der Waals surface area contributed by atoms with Crippen molar-refractivity contribution in [2.24, 2.45) is 0 Å². The van der Waals surface area contributed by atoms with E-state index in [1.807, 2.05) is 7.11 Å². The Kier molecular flexibility index (Phi) is 6.64. The van der Waals surface area contributed by atoms with Crippen molar-refractivity contribution in [1.29, 1.82) is 0 Å². The van der Waals surface area contributed by atoms with E-state index in [1.54, 1.807) is 14.2 Å². The molecule has 1 heterocycles. The fourth-order valence-electron chi connectivity index (χ4n) is 2.41. The average Bonchev–Trinajstić information content (AvgIpc) is 2.42. The minimum atomic E-state index is -2.24. The predicted octanol–water partition coefficient (Wildman–Crippen LogP) is 1.32. The molecule has 0 aliphatic carbocycles. The van der Waals surface area contributed by atoms with Crippen molar-refractivity contribution in [2.75, 3.05) is 54.6 Å². The molecule has 0 spiro atoms. The van der Waals surface area contributed by atoms with Crippen LogP contribution in [0.3, 0.4) is 0 Å². The first-order valence-corrected chi connectivity index (χ1v) is 12.1. The summed E-state index contributed by atoms with van der Waals surface area (Å²) in [4.78, 5) is 2.36. The highest BCUT2D eigenvalue weighted by Crippen LogP contribution is 2.25. The van der Waals surface area contributed by atoms with E-state index in [9.17, 15) is 0 Å². The van der Waals surface area contributed by atoms with Gasteiger partial charge < -0.3 is 18.2 Å². The van der Waals surface area contributed by atoms with Gasteiger partial charge in [-0.3, -0.25) is 4.57 Å². The fourth-order valence-corrected chi connectivity index (χ4v) is 8.58. The van der Waals surface area contributed by atoms with E-state index in [2.05, 4.69) is 29.6 Å². The van der Waals surface area contributed by atoms with Gasteiger partial charge in [-0.25, -0.2) is 0 Å². The second kappa shape index (κ2) is 7.30. The van der Waals surface area contributed by atoms with E-state index in [0.717, 1.165) is 38.3 Å². The summed E-state index contributed by atoms with van der Waals surface area (Å²) in [6, 6.07) is 2.08. The molecular formula is C12H30N2O3Si2. The number of hydrogen-bond donors (Lipinski definition) is 0. The first kappa shape index (κ1) is 17.3. The minimum Gasteiger partial charge on any atom is -0.420 e. The second-order valence-corrected chi connectivity index (χ2v) is 13.7. The topological polar surface area (TPSA) is 34.2 Å². The normalized spacial score (nSPS) is 19.9. The van der Waals surface area contributed by atoms with Gasteiger partial charge in [0.05, 0.1) is 0 Å². The lowest BCUT2D eigenvalue weighted by molar-refractivity contribution is 0.123. The van der Waals surface area contributed by atoms with Crippen LogP contribution in [-0.4, -0.2) is 81.1 Å². The highest BCUT2D eigenvalue weighted by atomic mass is 28.4. The molecule has 1 saturated heterocycles. The number of hydrogen-bond acceptors (Lipinski definition) is 5. The lowest BCUT2D eigenvalue weighted by Gasteiger charge is -2.43. The molecule has 5 nitrogen and oxygen atoms in total. The molecule has 0 unspecified atom stereocenters. The lowest BCUT2D eigenvalue weighted by atomic mass is 10.4. The lowest BCUT2D eigenvalue weighted by Crippen LogP contribution is -2.63.